The van der Waals surface area contributed by atoms with E-state index in [9.17, 15) is 0 Å². The predicted octanol–water partition coefficient (Wildman–Crippen LogP) is 1.06. The van der Waals surface area contributed by atoms with Gasteiger partial charge in [-0.25, -0.2) is 0 Å². The van der Waals surface area contributed by atoms with Crippen LogP contribution < -0.4 is 5.73 Å². The lowest BCUT2D eigenvalue weighted by Crippen LogP contribution is -2.42. The number of hydrogen-bond acceptors (Lipinski definition) is 5. The van der Waals surface area contributed by atoms with Gasteiger partial charge in [0, 0.05) is 51.8 Å². The summed E-state index contributed by atoms with van der Waals surface area (Å²) in [7, 11) is 3.42. The largest absolute Gasteiger partial charge is 0.383 e. The van der Waals surface area contributed by atoms with E-state index < -0.39 is 0 Å². The van der Waals surface area contributed by atoms with E-state index in [0.29, 0.717) is 13.2 Å². The normalized spacial score (nSPS) is 14.6. The first-order chi connectivity index (χ1) is 9.20. The van der Waals surface area contributed by atoms with Gasteiger partial charge in [0.05, 0.1) is 13.2 Å². The van der Waals surface area contributed by atoms with E-state index in [-0.39, 0.29) is 12.1 Å². The van der Waals surface area contributed by atoms with Crippen LogP contribution in [0.2, 0.25) is 0 Å². The zero-order chi connectivity index (χ0) is 14.1. The van der Waals surface area contributed by atoms with Crippen molar-refractivity contribution in [3.05, 3.63) is 30.1 Å². The summed E-state index contributed by atoms with van der Waals surface area (Å²) in [5.41, 5.74) is 7.35. The van der Waals surface area contributed by atoms with Crippen molar-refractivity contribution in [3.63, 3.8) is 0 Å². The third-order valence-electron chi connectivity index (χ3n) is 3.10. The molecule has 19 heavy (non-hydrogen) atoms. The van der Waals surface area contributed by atoms with E-state index in [1.54, 1.807) is 26.6 Å². The van der Waals surface area contributed by atoms with Gasteiger partial charge in [0.2, 0.25) is 0 Å². The number of methoxy groups -OCH3 is 2. The van der Waals surface area contributed by atoms with E-state index in [0.717, 1.165) is 13.1 Å². The molecule has 1 aromatic rings. The summed E-state index contributed by atoms with van der Waals surface area (Å²) in [6.45, 7) is 5.04. The van der Waals surface area contributed by atoms with Crippen molar-refractivity contribution in [2.75, 3.05) is 40.5 Å². The molecule has 1 rings (SSSR count). The van der Waals surface area contributed by atoms with Crippen molar-refractivity contribution < 1.29 is 9.47 Å². The zero-order valence-corrected chi connectivity index (χ0v) is 12.1. The van der Waals surface area contributed by atoms with E-state index >= 15 is 0 Å². The first kappa shape index (κ1) is 16.0. The Morgan fingerprint density at radius 3 is 2.11 bits per heavy atom. The van der Waals surface area contributed by atoms with E-state index in [1.165, 1.54) is 5.56 Å². The van der Waals surface area contributed by atoms with Crippen LogP contribution in [0.3, 0.4) is 0 Å². The maximum Gasteiger partial charge on any atom is 0.0589 e. The van der Waals surface area contributed by atoms with Crippen LogP contribution in [0, 0.1) is 0 Å². The fourth-order valence-corrected chi connectivity index (χ4v) is 2.21. The van der Waals surface area contributed by atoms with E-state index in [1.807, 2.05) is 19.1 Å². The molecular formula is C14H25N3O2. The molecule has 0 fully saturated rings. The summed E-state index contributed by atoms with van der Waals surface area (Å²) in [5.74, 6) is 0. The summed E-state index contributed by atoms with van der Waals surface area (Å²) >= 11 is 0. The number of pyridine rings is 1. The van der Waals surface area contributed by atoms with Crippen LogP contribution in [0.15, 0.2) is 24.5 Å². The van der Waals surface area contributed by atoms with Crippen molar-refractivity contribution in [2.24, 2.45) is 5.73 Å². The van der Waals surface area contributed by atoms with Gasteiger partial charge >= 0.3 is 0 Å². The Balaban J connectivity index is 2.84. The van der Waals surface area contributed by atoms with Gasteiger partial charge in [-0.05, 0) is 24.6 Å². The highest BCUT2D eigenvalue weighted by molar-refractivity contribution is 5.17. The predicted molar refractivity (Wildman–Crippen MR) is 76.0 cm³/mol. The molecule has 2 atom stereocenters. The molecule has 2 unspecified atom stereocenters. The number of nitrogens with two attached hydrogens (primary N) is 1. The molecular weight excluding hydrogens is 242 g/mol. The average molecular weight is 267 g/mol. The molecule has 1 heterocycles. The number of aromatic nitrogens is 1. The average Bonchev–Trinajstić information content (AvgIpc) is 2.42. The molecule has 0 aromatic carbocycles. The minimum Gasteiger partial charge on any atom is -0.383 e. The SMILES string of the molecule is COCCN(CCOC)C(c1ccncc1)C(C)N. The smallest absolute Gasteiger partial charge is 0.0589 e. The summed E-state index contributed by atoms with van der Waals surface area (Å²) < 4.78 is 10.4. The van der Waals surface area contributed by atoms with Crippen molar-refractivity contribution >= 4 is 0 Å². The number of nitrogens with zero attached hydrogens (tertiary/aromatic N) is 2. The first-order valence-corrected chi connectivity index (χ1v) is 6.58. The Morgan fingerprint density at radius 2 is 1.68 bits per heavy atom. The highest BCUT2D eigenvalue weighted by atomic mass is 16.5. The summed E-state index contributed by atoms with van der Waals surface area (Å²) in [4.78, 5) is 6.36. The van der Waals surface area contributed by atoms with Gasteiger partial charge in [0.1, 0.15) is 0 Å². The molecule has 1 aromatic heterocycles. The van der Waals surface area contributed by atoms with Crippen molar-refractivity contribution in [1.29, 1.82) is 0 Å². The van der Waals surface area contributed by atoms with Crippen LogP contribution >= 0.6 is 0 Å². The van der Waals surface area contributed by atoms with Crippen LogP contribution in [0.25, 0.3) is 0 Å². The van der Waals surface area contributed by atoms with E-state index in [2.05, 4.69) is 9.88 Å². The topological polar surface area (TPSA) is 60.6 Å². The zero-order valence-electron chi connectivity index (χ0n) is 12.1. The van der Waals surface area contributed by atoms with Gasteiger partial charge in [0.25, 0.3) is 0 Å². The highest BCUT2D eigenvalue weighted by Gasteiger charge is 2.23. The molecule has 108 valence electrons. The number of hydrogen-bond donors (Lipinski definition) is 1. The van der Waals surface area contributed by atoms with Crippen molar-refractivity contribution in [1.82, 2.24) is 9.88 Å². The van der Waals surface area contributed by atoms with Crippen LogP contribution in [-0.4, -0.2) is 56.4 Å². The third kappa shape index (κ3) is 5.24. The Kier molecular flexibility index (Phi) is 7.59. The molecule has 0 bridgehead atoms. The molecule has 0 aliphatic rings. The lowest BCUT2D eigenvalue weighted by atomic mass is 10.0. The molecule has 0 radical (unpaired) electrons. The maximum absolute atomic E-state index is 6.17. The van der Waals surface area contributed by atoms with Crippen LogP contribution in [-0.2, 0) is 9.47 Å². The molecule has 0 spiro atoms. The Hall–Kier alpha value is -1.01. The second kappa shape index (κ2) is 8.98. The Bertz CT molecular complexity index is 325. The summed E-state index contributed by atoms with van der Waals surface area (Å²) in [5, 5.41) is 0. The second-order valence-corrected chi connectivity index (χ2v) is 4.61. The summed E-state index contributed by atoms with van der Waals surface area (Å²) in [6.07, 6.45) is 3.60. The lowest BCUT2D eigenvalue weighted by molar-refractivity contribution is 0.0800. The van der Waals surface area contributed by atoms with Gasteiger partial charge in [-0.3, -0.25) is 9.88 Å². The third-order valence-corrected chi connectivity index (χ3v) is 3.10. The quantitative estimate of drug-likeness (QED) is 0.725. The molecule has 0 aliphatic heterocycles. The molecule has 5 heteroatoms. The van der Waals surface area contributed by atoms with Crippen LogP contribution in [0.4, 0.5) is 0 Å². The number of rotatable bonds is 9. The summed E-state index contributed by atoms with van der Waals surface area (Å²) in [6, 6.07) is 4.20. The minimum absolute atomic E-state index is 0.0242. The second-order valence-electron chi connectivity index (χ2n) is 4.61. The van der Waals surface area contributed by atoms with Crippen LogP contribution in [0.1, 0.15) is 18.5 Å². The Morgan fingerprint density at radius 1 is 1.16 bits per heavy atom. The van der Waals surface area contributed by atoms with Crippen molar-refractivity contribution in [2.45, 2.75) is 19.0 Å². The number of ether oxygens (including phenoxy) is 2. The minimum atomic E-state index is 0.0242. The molecule has 5 nitrogen and oxygen atoms in total. The fourth-order valence-electron chi connectivity index (χ4n) is 2.21. The van der Waals surface area contributed by atoms with Gasteiger partial charge in [-0.15, -0.1) is 0 Å². The standard InChI is InChI=1S/C14H25N3O2/c1-12(15)14(13-4-6-16-7-5-13)17(8-10-18-2)9-11-19-3/h4-7,12,14H,8-11,15H2,1-3H3. The van der Waals surface area contributed by atoms with Gasteiger partial charge in [-0.1, -0.05) is 0 Å². The fraction of sp³-hybridized carbons (Fsp3) is 0.643. The van der Waals surface area contributed by atoms with Gasteiger partial charge in [0.15, 0.2) is 0 Å². The van der Waals surface area contributed by atoms with Crippen LogP contribution in [0.5, 0.6) is 0 Å². The van der Waals surface area contributed by atoms with E-state index in [4.69, 9.17) is 15.2 Å². The molecule has 0 aliphatic carbocycles. The van der Waals surface area contributed by atoms with Gasteiger partial charge < -0.3 is 15.2 Å². The molecule has 0 saturated carbocycles. The molecule has 2 N–H and O–H groups in total. The van der Waals surface area contributed by atoms with Crippen molar-refractivity contribution in [3.8, 4) is 0 Å². The van der Waals surface area contributed by atoms with Gasteiger partial charge in [-0.2, -0.15) is 0 Å². The first-order valence-electron chi connectivity index (χ1n) is 6.58. The molecule has 0 saturated heterocycles. The maximum atomic E-state index is 6.17. The lowest BCUT2D eigenvalue weighted by Gasteiger charge is -2.34. The monoisotopic (exact) mass is 267 g/mol. The highest BCUT2D eigenvalue weighted by Crippen LogP contribution is 2.22. The Labute approximate surface area is 115 Å². The molecule has 0 amide bonds.